The van der Waals surface area contributed by atoms with Crippen LogP contribution in [0.1, 0.15) is 35.0 Å². The third-order valence-electron chi connectivity index (χ3n) is 5.60. The number of nitrogens with zero attached hydrogens (tertiary/aromatic N) is 1. The maximum Gasteiger partial charge on any atom is 0.449 e. The molecule has 1 heterocycles. The van der Waals surface area contributed by atoms with E-state index < -0.39 is 18.0 Å². The van der Waals surface area contributed by atoms with Crippen molar-refractivity contribution >= 4 is 16.9 Å². The molecule has 35 heavy (non-hydrogen) atoms. The molecule has 9 heteroatoms. The normalized spacial score (nSPS) is 12.4. The fraction of sp³-hybridized carbons (Fsp3) is 0.231. The summed E-state index contributed by atoms with van der Waals surface area (Å²) in [4.78, 5) is 18.9. The van der Waals surface area contributed by atoms with Gasteiger partial charge in [0.05, 0.1) is 31.3 Å². The highest BCUT2D eigenvalue weighted by molar-refractivity contribution is 5.79. The minimum absolute atomic E-state index is 0.199. The lowest BCUT2D eigenvalue weighted by Crippen LogP contribution is -2.29. The Labute approximate surface area is 200 Å². The maximum absolute atomic E-state index is 13.1. The van der Waals surface area contributed by atoms with E-state index in [4.69, 9.17) is 9.47 Å². The zero-order chi connectivity index (χ0) is 25.0. The van der Waals surface area contributed by atoms with Gasteiger partial charge in [0.15, 0.2) is 0 Å². The van der Waals surface area contributed by atoms with Gasteiger partial charge < -0.3 is 19.8 Å². The van der Waals surface area contributed by atoms with E-state index >= 15 is 0 Å². The summed E-state index contributed by atoms with van der Waals surface area (Å²) in [5.74, 6) is 0.000930. The first-order chi connectivity index (χ1) is 16.8. The number of aryl methyl sites for hydroxylation is 1. The van der Waals surface area contributed by atoms with Crippen LogP contribution >= 0.6 is 0 Å². The molecular weight excluding hydrogens is 459 g/mol. The van der Waals surface area contributed by atoms with Crippen LogP contribution in [0.3, 0.4) is 0 Å². The number of carbonyl (C=O) groups excluding carboxylic acids is 1. The second kappa shape index (κ2) is 10.1. The Hall–Kier alpha value is -4.01. The number of nitrogens with one attached hydrogen (secondary N) is 2. The number of hydrogen-bond acceptors (Lipinski definition) is 4. The lowest BCUT2D eigenvalue weighted by molar-refractivity contribution is -0.144. The number of amides is 1. The second-order valence-electron chi connectivity index (χ2n) is 7.99. The van der Waals surface area contributed by atoms with E-state index in [1.54, 1.807) is 32.4 Å². The SMILES string of the molecule is COc1cc(CCC(=O)NC(c2ccccc2)c2ccc3nc(C(F)(F)F)[nH]c3c2)cc(OC)c1. The van der Waals surface area contributed by atoms with E-state index in [0.29, 0.717) is 23.5 Å². The molecule has 0 saturated carbocycles. The molecule has 0 aliphatic heterocycles. The standard InChI is InChI=1S/C26H24F3N3O3/c1-34-19-12-16(13-20(15-19)35-2)8-11-23(33)32-24(17-6-4-3-5-7-17)18-9-10-21-22(14-18)31-25(30-21)26(27,28)29/h3-7,9-10,12-15,24H,8,11H2,1-2H3,(H,30,31)(H,32,33). The quantitative estimate of drug-likeness (QED) is 0.350. The van der Waals surface area contributed by atoms with Crippen LogP contribution in [-0.2, 0) is 17.4 Å². The van der Waals surface area contributed by atoms with Crippen molar-refractivity contribution in [2.45, 2.75) is 25.1 Å². The Morgan fingerprint density at radius 1 is 0.971 bits per heavy atom. The average Bonchev–Trinajstić information content (AvgIpc) is 3.30. The van der Waals surface area contributed by atoms with E-state index in [2.05, 4.69) is 15.3 Å². The lowest BCUT2D eigenvalue weighted by atomic mass is 9.97. The molecular formula is C26H24F3N3O3. The number of benzene rings is 3. The molecule has 4 aromatic rings. The summed E-state index contributed by atoms with van der Waals surface area (Å²) in [7, 11) is 3.12. The summed E-state index contributed by atoms with van der Waals surface area (Å²) in [5, 5.41) is 3.02. The highest BCUT2D eigenvalue weighted by atomic mass is 19.4. The molecule has 1 unspecified atom stereocenters. The zero-order valence-electron chi connectivity index (χ0n) is 19.1. The first-order valence-corrected chi connectivity index (χ1v) is 10.9. The van der Waals surface area contributed by atoms with Crippen molar-refractivity contribution in [2.24, 2.45) is 0 Å². The molecule has 182 valence electrons. The topological polar surface area (TPSA) is 76.2 Å². The van der Waals surface area contributed by atoms with Crippen molar-refractivity contribution in [3.8, 4) is 11.5 Å². The minimum atomic E-state index is -4.57. The number of rotatable bonds is 8. The Balaban J connectivity index is 1.57. The van der Waals surface area contributed by atoms with Gasteiger partial charge in [0, 0.05) is 12.5 Å². The largest absolute Gasteiger partial charge is 0.497 e. The number of fused-ring (bicyclic) bond motifs is 1. The number of ether oxygens (including phenoxy) is 2. The van der Waals surface area contributed by atoms with Gasteiger partial charge in [0.25, 0.3) is 0 Å². The van der Waals surface area contributed by atoms with E-state index in [0.717, 1.165) is 11.1 Å². The Morgan fingerprint density at radius 3 is 2.29 bits per heavy atom. The highest BCUT2D eigenvalue weighted by Crippen LogP contribution is 2.31. The van der Waals surface area contributed by atoms with E-state index in [9.17, 15) is 18.0 Å². The molecule has 0 bridgehead atoms. The molecule has 0 spiro atoms. The molecule has 0 radical (unpaired) electrons. The fourth-order valence-corrected chi connectivity index (χ4v) is 3.85. The number of halogens is 3. The number of aromatic nitrogens is 2. The van der Waals surface area contributed by atoms with Crippen molar-refractivity contribution in [3.05, 3.63) is 89.2 Å². The predicted molar refractivity (Wildman–Crippen MR) is 125 cm³/mol. The predicted octanol–water partition coefficient (Wildman–Crippen LogP) is 5.44. The first kappa shape index (κ1) is 24.1. The molecule has 4 rings (SSSR count). The highest BCUT2D eigenvalue weighted by Gasteiger charge is 2.34. The lowest BCUT2D eigenvalue weighted by Gasteiger charge is -2.20. The van der Waals surface area contributed by atoms with Crippen molar-refractivity contribution in [2.75, 3.05) is 14.2 Å². The second-order valence-corrected chi connectivity index (χ2v) is 7.99. The van der Waals surface area contributed by atoms with Crippen LogP contribution in [0.5, 0.6) is 11.5 Å². The number of aromatic amines is 1. The summed E-state index contributed by atoms with van der Waals surface area (Å²) in [6.45, 7) is 0. The maximum atomic E-state index is 13.1. The van der Waals surface area contributed by atoms with Gasteiger partial charge in [-0.3, -0.25) is 4.79 Å². The molecule has 0 aliphatic carbocycles. The van der Waals surface area contributed by atoms with Gasteiger partial charge in [-0.2, -0.15) is 13.2 Å². The first-order valence-electron chi connectivity index (χ1n) is 10.9. The van der Waals surface area contributed by atoms with Crippen molar-refractivity contribution in [1.29, 1.82) is 0 Å². The molecule has 1 amide bonds. The molecule has 0 fully saturated rings. The number of carbonyl (C=O) groups is 1. The Bertz CT molecular complexity index is 1300. The van der Waals surface area contributed by atoms with Gasteiger partial charge in [0.1, 0.15) is 11.5 Å². The minimum Gasteiger partial charge on any atom is -0.497 e. The smallest absolute Gasteiger partial charge is 0.449 e. The van der Waals surface area contributed by atoms with Crippen LogP contribution in [0.4, 0.5) is 13.2 Å². The zero-order valence-corrected chi connectivity index (χ0v) is 19.1. The van der Waals surface area contributed by atoms with E-state index in [-0.39, 0.29) is 23.4 Å². The number of hydrogen-bond donors (Lipinski definition) is 2. The van der Waals surface area contributed by atoms with Crippen LogP contribution in [0.15, 0.2) is 66.7 Å². The van der Waals surface area contributed by atoms with Crippen LogP contribution in [0.2, 0.25) is 0 Å². The molecule has 0 saturated heterocycles. The van der Waals surface area contributed by atoms with Gasteiger partial charge in [-0.1, -0.05) is 36.4 Å². The van der Waals surface area contributed by atoms with Crippen LogP contribution in [-0.4, -0.2) is 30.1 Å². The summed E-state index contributed by atoms with van der Waals surface area (Å²) < 4.78 is 49.8. The van der Waals surface area contributed by atoms with Crippen molar-refractivity contribution in [3.63, 3.8) is 0 Å². The van der Waals surface area contributed by atoms with Crippen LogP contribution in [0, 0.1) is 0 Å². The molecule has 3 aromatic carbocycles. The number of methoxy groups -OCH3 is 2. The van der Waals surface area contributed by atoms with Gasteiger partial charge in [-0.15, -0.1) is 0 Å². The Morgan fingerprint density at radius 2 is 1.66 bits per heavy atom. The van der Waals surface area contributed by atoms with Crippen LogP contribution in [0.25, 0.3) is 11.0 Å². The number of H-pyrrole nitrogens is 1. The summed E-state index contributed by atoms with van der Waals surface area (Å²) in [6, 6.07) is 18.9. The average molecular weight is 483 g/mol. The monoisotopic (exact) mass is 483 g/mol. The van der Waals surface area contributed by atoms with Gasteiger partial charge >= 0.3 is 6.18 Å². The molecule has 0 aliphatic rings. The number of imidazole rings is 1. The van der Waals surface area contributed by atoms with Gasteiger partial charge in [-0.25, -0.2) is 4.98 Å². The molecule has 2 N–H and O–H groups in total. The molecule has 1 atom stereocenters. The van der Waals surface area contributed by atoms with Gasteiger partial charge in [-0.05, 0) is 47.4 Å². The Kier molecular flexibility index (Phi) is 6.95. The van der Waals surface area contributed by atoms with E-state index in [1.165, 1.54) is 6.07 Å². The van der Waals surface area contributed by atoms with E-state index in [1.807, 2.05) is 42.5 Å². The van der Waals surface area contributed by atoms with Gasteiger partial charge in [0.2, 0.25) is 11.7 Å². The summed E-state index contributed by atoms with van der Waals surface area (Å²) >= 11 is 0. The summed E-state index contributed by atoms with van der Waals surface area (Å²) in [6.07, 6.45) is -3.92. The third kappa shape index (κ3) is 5.74. The van der Waals surface area contributed by atoms with Crippen LogP contribution < -0.4 is 14.8 Å². The fourth-order valence-electron chi connectivity index (χ4n) is 3.85. The van der Waals surface area contributed by atoms with Crippen molar-refractivity contribution in [1.82, 2.24) is 15.3 Å². The summed E-state index contributed by atoms with van der Waals surface area (Å²) in [5.41, 5.74) is 2.77. The molecule has 6 nitrogen and oxygen atoms in total. The molecule has 1 aromatic heterocycles. The third-order valence-corrected chi connectivity index (χ3v) is 5.60. The number of alkyl halides is 3. The van der Waals surface area contributed by atoms with Crippen molar-refractivity contribution < 1.29 is 27.4 Å².